The number of carboxylic acids is 1. The van der Waals surface area contributed by atoms with Gasteiger partial charge >= 0.3 is 5.97 Å². The van der Waals surface area contributed by atoms with E-state index < -0.39 is 42.6 Å². The number of carbonyl (C=O) groups excluding carboxylic acids is 5. The van der Waals surface area contributed by atoms with Crippen LogP contribution in [0.2, 0.25) is 0 Å². The first-order valence-corrected chi connectivity index (χ1v) is 26.2. The molecule has 428 valence electrons. The van der Waals surface area contributed by atoms with Gasteiger partial charge in [0, 0.05) is 67.4 Å². The van der Waals surface area contributed by atoms with E-state index in [0.717, 1.165) is 59.4 Å². The van der Waals surface area contributed by atoms with Gasteiger partial charge in [-0.2, -0.15) is 0 Å². The van der Waals surface area contributed by atoms with E-state index in [9.17, 15) is 49.2 Å². The molecule has 7 rings (SSSR count). The Labute approximate surface area is 463 Å². The van der Waals surface area contributed by atoms with E-state index in [0.29, 0.717) is 30.8 Å². The molecule has 0 aliphatic carbocycles. The second-order valence-electron chi connectivity index (χ2n) is 18.7. The number of nitrogens with one attached hydrogen (secondary N) is 3. The second kappa shape index (κ2) is 31.7. The Hall–Kier alpha value is -7.77. The van der Waals surface area contributed by atoms with Crippen molar-refractivity contribution in [3.05, 3.63) is 129 Å². The smallest absolute Gasteiger partial charge is 0.335 e. The van der Waals surface area contributed by atoms with Crippen LogP contribution in [0.15, 0.2) is 116 Å². The molecule has 0 radical (unpaired) electrons. The van der Waals surface area contributed by atoms with E-state index in [1.165, 1.54) is 18.2 Å². The van der Waals surface area contributed by atoms with Crippen molar-refractivity contribution in [2.24, 2.45) is 0 Å². The summed E-state index contributed by atoms with van der Waals surface area (Å²) < 4.78 is 31.2. The topological polar surface area (TPSA) is 303 Å². The van der Waals surface area contributed by atoms with Crippen molar-refractivity contribution in [3.8, 4) is 28.1 Å². The number of ether oxygens (including phenoxy) is 5. The van der Waals surface area contributed by atoms with E-state index in [2.05, 4.69) is 26.3 Å². The third-order valence-electron chi connectivity index (χ3n) is 12.8. The number of amides is 5. The van der Waals surface area contributed by atoms with E-state index in [1.54, 1.807) is 16.8 Å². The fourth-order valence-corrected chi connectivity index (χ4v) is 8.57. The number of unbranched alkanes of at least 4 members (excludes halogenated alkanes) is 4. The molecule has 7 N–H and O–H groups in total. The van der Waals surface area contributed by atoms with E-state index in [4.69, 9.17) is 23.7 Å². The Balaban J connectivity index is 0.0000103. The largest absolute Gasteiger partial charge is 0.479 e. The Morgan fingerprint density at radius 1 is 0.662 bits per heavy atom. The Morgan fingerprint density at radius 2 is 1.32 bits per heavy atom. The van der Waals surface area contributed by atoms with Crippen molar-refractivity contribution in [3.63, 3.8) is 0 Å². The number of aliphatic hydroxyl groups excluding tert-OH is 3. The minimum absolute atomic E-state index is 0. The van der Waals surface area contributed by atoms with Gasteiger partial charge in [0.05, 0.1) is 63.6 Å². The molecule has 4 heterocycles. The maximum absolute atomic E-state index is 13.3. The number of carbonyl (C=O) groups is 6. The number of pyridine rings is 1. The van der Waals surface area contributed by atoms with Gasteiger partial charge in [-0.25, -0.2) is 9.36 Å². The lowest BCUT2D eigenvalue weighted by Gasteiger charge is -2.38. The normalized spacial score (nSPS) is 17.7. The van der Waals surface area contributed by atoms with Gasteiger partial charge in [0.2, 0.25) is 24.0 Å². The monoisotopic (exact) mass is 1110 g/mol. The lowest BCUT2D eigenvalue weighted by Crippen LogP contribution is -2.61. The quantitative estimate of drug-likeness (QED) is 0.0140. The van der Waals surface area contributed by atoms with Gasteiger partial charge < -0.3 is 67.5 Å². The van der Waals surface area contributed by atoms with Gasteiger partial charge in [0.15, 0.2) is 25.0 Å². The highest BCUT2D eigenvalue weighted by Gasteiger charge is 2.48. The van der Waals surface area contributed by atoms with Crippen molar-refractivity contribution in [1.82, 2.24) is 25.2 Å². The first-order valence-electron chi connectivity index (χ1n) is 26.2. The number of aliphatic hydroxyl groups is 3. The highest BCUT2D eigenvalue weighted by Crippen LogP contribution is 2.32. The number of imide groups is 1. The van der Waals surface area contributed by atoms with Gasteiger partial charge in [-0.15, -0.1) is 5.10 Å². The van der Waals surface area contributed by atoms with Crippen LogP contribution in [-0.2, 0) is 60.8 Å². The average molecular weight is 1110 g/mol. The van der Waals surface area contributed by atoms with Gasteiger partial charge in [0.1, 0.15) is 29.8 Å². The summed E-state index contributed by atoms with van der Waals surface area (Å²) in [6, 6.07) is 26.3. The van der Waals surface area contributed by atoms with Crippen molar-refractivity contribution in [2.45, 2.75) is 95.2 Å². The molecule has 3 aromatic carbocycles. The standard InChI is InChI=1S/C56H66N8O15.CH3/c65-46(23-28-75-30-32-77-33-31-76-29-27-64-49(68)20-21-50(64)69)57-24-22-48(67)59-43-34-38(18-19-45(43)78-56-53(72)51(70)52(71)54(79-56)55(73)74)35-62-25-11-14-40(36-62)44-37-63(61-60-44)26-10-3-1-2-7-17-47(66)58-42-16-9-8-15-41(42)39-12-5-4-6-13-39;/h4-6,8-9,11-16,18-21,25,34,36-37,51-54,56,70-72H,1-3,7,10,17,22-24,26-33,35H2,(H3-,57,58,59,65,66,67,73,74);1H3/q;-1/p+1/t51-,52-,53+,54-,56+;/m0./s1. The Bertz CT molecular complexity index is 2850. The molecule has 5 atom stereocenters. The molecule has 23 nitrogen and oxygen atoms in total. The van der Waals surface area contributed by atoms with Crippen LogP contribution >= 0.6 is 0 Å². The van der Waals surface area contributed by atoms with Crippen LogP contribution in [-0.4, -0.2) is 159 Å². The van der Waals surface area contributed by atoms with Gasteiger partial charge in [-0.3, -0.25) is 33.6 Å². The number of hydrogen-bond donors (Lipinski definition) is 7. The van der Waals surface area contributed by atoms with Gasteiger partial charge in [0.25, 0.3) is 11.8 Å². The Morgan fingerprint density at radius 3 is 2.09 bits per heavy atom. The SMILES string of the molecule is O=C(CCOCCOCCOCCN1C(=O)C=CC1=O)NCCC(=O)Nc1cc(C[n+]2cccc(-c3cn(CCCCCCCC(=O)Nc4ccccc4-c4ccccc4)nn3)c2)ccc1O[C@@H]1O[C@H](C(=O)O)[C@@H](O)[C@H](O)[C@H]1O.[CH3-]. The van der Waals surface area contributed by atoms with Gasteiger partial charge in [-0.1, -0.05) is 73.0 Å². The van der Waals surface area contributed by atoms with Crippen LogP contribution in [0.5, 0.6) is 5.75 Å². The van der Waals surface area contributed by atoms with Gasteiger partial charge in [-0.05, 0) is 48.7 Å². The molecule has 1 fully saturated rings. The van der Waals surface area contributed by atoms with Crippen molar-refractivity contribution in [1.29, 1.82) is 0 Å². The molecular weight excluding hydrogens is 1040 g/mol. The zero-order valence-electron chi connectivity index (χ0n) is 44.6. The zero-order chi connectivity index (χ0) is 55.9. The average Bonchev–Trinajstić information content (AvgIpc) is 4.09. The zero-order valence-corrected chi connectivity index (χ0v) is 44.6. The van der Waals surface area contributed by atoms with E-state index in [-0.39, 0.29) is 108 Å². The number of carboxylic acid groups (broad SMARTS) is 1. The number of anilines is 2. The predicted molar refractivity (Wildman–Crippen MR) is 290 cm³/mol. The number of rotatable bonds is 32. The molecule has 5 aromatic rings. The summed E-state index contributed by atoms with van der Waals surface area (Å²) >= 11 is 0. The number of para-hydroxylation sites is 1. The molecule has 2 aromatic heterocycles. The molecule has 2 aliphatic heterocycles. The summed E-state index contributed by atoms with van der Waals surface area (Å²) in [6.07, 6.45) is 3.50. The number of aliphatic carboxylic acids is 1. The van der Waals surface area contributed by atoms with Crippen LogP contribution in [0.1, 0.15) is 56.9 Å². The molecule has 2 aliphatic rings. The second-order valence-corrected chi connectivity index (χ2v) is 18.7. The highest BCUT2D eigenvalue weighted by molar-refractivity contribution is 6.12. The first-order chi connectivity index (χ1) is 38.3. The first kappa shape index (κ1) is 61.4. The van der Waals surface area contributed by atoms with E-state index >= 15 is 0 Å². The highest BCUT2D eigenvalue weighted by atomic mass is 16.7. The molecule has 5 amide bonds. The summed E-state index contributed by atoms with van der Waals surface area (Å²) in [5, 5.41) is 58.2. The molecule has 0 unspecified atom stereocenters. The molecule has 1 saturated heterocycles. The Kier molecular flexibility index (Phi) is 24.4. The van der Waals surface area contributed by atoms with Crippen molar-refractivity contribution in [2.75, 3.05) is 63.4 Å². The molecule has 0 spiro atoms. The van der Waals surface area contributed by atoms with Crippen LogP contribution in [0.25, 0.3) is 22.4 Å². The van der Waals surface area contributed by atoms with Crippen LogP contribution in [0.4, 0.5) is 11.4 Å². The minimum Gasteiger partial charge on any atom is -0.479 e. The molecule has 0 bridgehead atoms. The summed E-state index contributed by atoms with van der Waals surface area (Å²) in [4.78, 5) is 74.6. The molecule has 80 heavy (non-hydrogen) atoms. The minimum atomic E-state index is -1.94. The third kappa shape index (κ3) is 18.7. The number of aryl methyl sites for hydroxylation is 1. The van der Waals surface area contributed by atoms with Crippen LogP contribution in [0, 0.1) is 7.43 Å². The lowest BCUT2D eigenvalue weighted by molar-refractivity contribution is -0.687. The van der Waals surface area contributed by atoms with Crippen molar-refractivity contribution < 1.29 is 77.4 Å². The predicted octanol–water partition coefficient (Wildman–Crippen LogP) is 3.46. The molecular formula is C57H70N8O15. The third-order valence-corrected chi connectivity index (χ3v) is 12.8. The van der Waals surface area contributed by atoms with Crippen molar-refractivity contribution >= 4 is 46.9 Å². The lowest BCUT2D eigenvalue weighted by atomic mass is 9.99. The molecule has 0 saturated carbocycles. The number of hydrogen-bond acceptors (Lipinski definition) is 16. The number of nitrogens with zero attached hydrogens (tertiary/aromatic N) is 5. The molecule has 23 heteroatoms. The fraction of sp³-hybridized carbons (Fsp3) is 0.404. The maximum Gasteiger partial charge on any atom is 0.335 e. The summed E-state index contributed by atoms with van der Waals surface area (Å²) in [6.45, 7) is 2.36. The van der Waals surface area contributed by atoms with Crippen LogP contribution in [0.3, 0.4) is 0 Å². The number of aromatic nitrogens is 4. The summed E-state index contributed by atoms with van der Waals surface area (Å²) in [7, 11) is 0. The fourth-order valence-electron chi connectivity index (χ4n) is 8.57. The summed E-state index contributed by atoms with van der Waals surface area (Å²) in [5.74, 6) is -3.27. The summed E-state index contributed by atoms with van der Waals surface area (Å²) in [5.41, 5.74) is 5.09. The van der Waals surface area contributed by atoms with Crippen LogP contribution < -0.4 is 25.3 Å². The maximum atomic E-state index is 13.3. The number of benzene rings is 3. The van der Waals surface area contributed by atoms with E-state index in [1.807, 2.05) is 89.9 Å².